The summed E-state index contributed by atoms with van der Waals surface area (Å²) in [6, 6.07) is 15.9. The third-order valence-electron chi connectivity index (χ3n) is 2.56. The van der Waals surface area contributed by atoms with Gasteiger partial charge in [0.05, 0.1) is 12.8 Å². The lowest BCUT2D eigenvalue weighted by molar-refractivity contribution is 0.414. The van der Waals surface area contributed by atoms with Crippen LogP contribution in [0.15, 0.2) is 53.5 Å². The summed E-state index contributed by atoms with van der Waals surface area (Å²) in [5.41, 5.74) is 3.17. The number of aryl methyl sites for hydroxylation is 1. The van der Waals surface area contributed by atoms with Crippen LogP contribution >= 0.6 is 0 Å². The van der Waals surface area contributed by atoms with E-state index in [1.807, 2.05) is 61.7 Å². The first kappa shape index (κ1) is 11.4. The summed E-state index contributed by atoms with van der Waals surface area (Å²) >= 11 is 0. The molecule has 0 spiro atoms. The number of ether oxygens (including phenoxy) is 1. The minimum atomic E-state index is 0.862. The molecular weight excluding hydrogens is 210 g/mol. The summed E-state index contributed by atoms with van der Waals surface area (Å²) in [7, 11) is 1.67. The molecule has 0 unspecified atom stereocenters. The van der Waals surface area contributed by atoms with E-state index in [1.165, 1.54) is 0 Å². The van der Waals surface area contributed by atoms with Crippen molar-refractivity contribution in [2.45, 2.75) is 6.92 Å². The highest BCUT2D eigenvalue weighted by Crippen LogP contribution is 2.23. The molecule has 2 aromatic carbocycles. The minimum Gasteiger partial charge on any atom is -0.497 e. The number of benzene rings is 2. The van der Waals surface area contributed by atoms with E-state index in [0.717, 1.165) is 22.6 Å². The van der Waals surface area contributed by atoms with E-state index in [0.29, 0.717) is 0 Å². The summed E-state index contributed by atoms with van der Waals surface area (Å²) in [4.78, 5) is 4.47. The van der Waals surface area contributed by atoms with Gasteiger partial charge in [0.2, 0.25) is 0 Å². The molecule has 0 aliphatic rings. The smallest absolute Gasteiger partial charge is 0.119 e. The fourth-order valence-corrected chi connectivity index (χ4v) is 1.58. The summed E-state index contributed by atoms with van der Waals surface area (Å²) in [5.74, 6) is 0.862. The van der Waals surface area contributed by atoms with Crippen molar-refractivity contribution in [3.8, 4) is 5.75 Å². The summed E-state index contributed by atoms with van der Waals surface area (Å²) in [6.45, 7) is 2.03. The van der Waals surface area contributed by atoms with Gasteiger partial charge in [0.15, 0.2) is 0 Å². The largest absolute Gasteiger partial charge is 0.497 e. The van der Waals surface area contributed by atoms with E-state index >= 15 is 0 Å². The fourth-order valence-electron chi connectivity index (χ4n) is 1.58. The van der Waals surface area contributed by atoms with Gasteiger partial charge >= 0.3 is 0 Å². The molecular formula is C15H15NO. The van der Waals surface area contributed by atoms with Crippen LogP contribution in [0.25, 0.3) is 0 Å². The van der Waals surface area contributed by atoms with E-state index in [9.17, 15) is 0 Å². The SMILES string of the molecule is COc1ccc(N=Cc2ccccc2)c(C)c1. The Kier molecular flexibility index (Phi) is 3.55. The van der Waals surface area contributed by atoms with Crippen LogP contribution in [-0.2, 0) is 0 Å². The number of rotatable bonds is 3. The molecule has 0 atom stereocenters. The van der Waals surface area contributed by atoms with E-state index in [4.69, 9.17) is 4.74 Å². The average Bonchev–Trinajstić information content (AvgIpc) is 2.38. The van der Waals surface area contributed by atoms with Crippen molar-refractivity contribution in [3.63, 3.8) is 0 Å². The van der Waals surface area contributed by atoms with Crippen LogP contribution in [0.4, 0.5) is 5.69 Å². The molecule has 2 aromatic rings. The van der Waals surface area contributed by atoms with Crippen LogP contribution in [0.2, 0.25) is 0 Å². The Hall–Kier alpha value is -2.09. The fraction of sp³-hybridized carbons (Fsp3) is 0.133. The molecule has 0 aromatic heterocycles. The predicted octanol–water partition coefficient (Wildman–Crippen LogP) is 3.75. The van der Waals surface area contributed by atoms with Gasteiger partial charge in [-0.05, 0) is 36.2 Å². The standard InChI is InChI=1S/C15H15NO/c1-12-10-14(17-2)8-9-15(12)16-11-13-6-4-3-5-7-13/h3-11H,1-2H3. The minimum absolute atomic E-state index is 0.862. The normalized spacial score (nSPS) is 10.7. The second-order valence-corrected chi connectivity index (χ2v) is 3.82. The van der Waals surface area contributed by atoms with Crippen molar-refractivity contribution in [3.05, 3.63) is 59.7 Å². The van der Waals surface area contributed by atoms with Crippen LogP contribution in [-0.4, -0.2) is 13.3 Å². The Morgan fingerprint density at radius 3 is 2.47 bits per heavy atom. The highest BCUT2D eigenvalue weighted by molar-refractivity contribution is 5.82. The zero-order chi connectivity index (χ0) is 12.1. The van der Waals surface area contributed by atoms with Crippen molar-refractivity contribution in [1.82, 2.24) is 0 Å². The van der Waals surface area contributed by atoms with Crippen molar-refractivity contribution in [2.24, 2.45) is 4.99 Å². The van der Waals surface area contributed by atoms with Gasteiger partial charge in [-0.25, -0.2) is 0 Å². The van der Waals surface area contributed by atoms with Gasteiger partial charge in [-0.2, -0.15) is 0 Å². The topological polar surface area (TPSA) is 21.6 Å². The number of hydrogen-bond donors (Lipinski definition) is 0. The predicted molar refractivity (Wildman–Crippen MR) is 71.4 cm³/mol. The lowest BCUT2D eigenvalue weighted by atomic mass is 10.2. The second-order valence-electron chi connectivity index (χ2n) is 3.82. The van der Waals surface area contributed by atoms with Crippen LogP contribution in [0.1, 0.15) is 11.1 Å². The number of hydrogen-bond acceptors (Lipinski definition) is 2. The molecule has 2 nitrogen and oxygen atoms in total. The van der Waals surface area contributed by atoms with Gasteiger partial charge in [-0.15, -0.1) is 0 Å². The Labute approximate surface area is 102 Å². The van der Waals surface area contributed by atoms with Gasteiger partial charge in [-0.1, -0.05) is 30.3 Å². The molecule has 0 saturated carbocycles. The Balaban J connectivity index is 2.22. The molecule has 0 radical (unpaired) electrons. The monoisotopic (exact) mass is 225 g/mol. The first-order valence-electron chi connectivity index (χ1n) is 5.53. The Morgan fingerprint density at radius 2 is 1.82 bits per heavy atom. The third kappa shape index (κ3) is 2.94. The van der Waals surface area contributed by atoms with Crippen LogP contribution in [0.3, 0.4) is 0 Å². The van der Waals surface area contributed by atoms with Crippen molar-refractivity contribution >= 4 is 11.9 Å². The number of nitrogens with zero attached hydrogens (tertiary/aromatic N) is 1. The molecule has 0 aliphatic heterocycles. The number of aliphatic imine (C=N–C) groups is 1. The molecule has 0 fully saturated rings. The molecule has 86 valence electrons. The Morgan fingerprint density at radius 1 is 1.06 bits per heavy atom. The summed E-state index contributed by atoms with van der Waals surface area (Å²) in [6.07, 6.45) is 1.87. The van der Waals surface area contributed by atoms with Gasteiger partial charge in [0, 0.05) is 6.21 Å². The molecule has 0 amide bonds. The van der Waals surface area contributed by atoms with Gasteiger partial charge in [0.1, 0.15) is 5.75 Å². The molecule has 0 saturated heterocycles. The van der Waals surface area contributed by atoms with Crippen LogP contribution < -0.4 is 4.74 Å². The van der Waals surface area contributed by atoms with Crippen LogP contribution in [0, 0.1) is 6.92 Å². The van der Waals surface area contributed by atoms with Gasteiger partial charge in [0.25, 0.3) is 0 Å². The summed E-state index contributed by atoms with van der Waals surface area (Å²) in [5, 5.41) is 0. The maximum Gasteiger partial charge on any atom is 0.119 e. The van der Waals surface area contributed by atoms with E-state index in [1.54, 1.807) is 7.11 Å². The highest BCUT2D eigenvalue weighted by atomic mass is 16.5. The molecule has 0 heterocycles. The van der Waals surface area contributed by atoms with E-state index in [-0.39, 0.29) is 0 Å². The van der Waals surface area contributed by atoms with Gasteiger partial charge < -0.3 is 4.74 Å². The van der Waals surface area contributed by atoms with E-state index in [2.05, 4.69) is 4.99 Å². The van der Waals surface area contributed by atoms with Crippen LogP contribution in [0.5, 0.6) is 5.75 Å². The molecule has 2 heteroatoms. The lowest BCUT2D eigenvalue weighted by Gasteiger charge is -2.03. The molecule has 2 rings (SSSR count). The Bertz CT molecular complexity index is 518. The third-order valence-corrected chi connectivity index (χ3v) is 2.56. The quantitative estimate of drug-likeness (QED) is 0.729. The molecule has 17 heavy (non-hydrogen) atoms. The molecule has 0 aliphatic carbocycles. The zero-order valence-electron chi connectivity index (χ0n) is 10.1. The number of methoxy groups -OCH3 is 1. The van der Waals surface area contributed by atoms with Crippen molar-refractivity contribution in [2.75, 3.05) is 7.11 Å². The molecule has 0 N–H and O–H groups in total. The van der Waals surface area contributed by atoms with Crippen molar-refractivity contribution in [1.29, 1.82) is 0 Å². The zero-order valence-corrected chi connectivity index (χ0v) is 10.1. The summed E-state index contributed by atoms with van der Waals surface area (Å²) < 4.78 is 5.16. The first-order valence-corrected chi connectivity index (χ1v) is 5.53. The maximum atomic E-state index is 5.16. The van der Waals surface area contributed by atoms with Crippen molar-refractivity contribution < 1.29 is 4.74 Å². The average molecular weight is 225 g/mol. The molecule has 0 bridgehead atoms. The first-order chi connectivity index (χ1) is 8.29. The highest BCUT2D eigenvalue weighted by Gasteiger charge is 1.97. The lowest BCUT2D eigenvalue weighted by Crippen LogP contribution is -1.84. The second kappa shape index (κ2) is 5.30. The van der Waals surface area contributed by atoms with E-state index < -0.39 is 0 Å². The maximum absolute atomic E-state index is 5.16. The van der Waals surface area contributed by atoms with Gasteiger partial charge in [-0.3, -0.25) is 4.99 Å².